The lowest BCUT2D eigenvalue weighted by atomic mass is 10.2. The third-order valence-corrected chi connectivity index (χ3v) is 4.04. The number of amides is 2. The van der Waals surface area contributed by atoms with Crippen LogP contribution < -0.4 is 0 Å². The first-order valence-corrected chi connectivity index (χ1v) is 8.08. The minimum atomic E-state index is -0.163. The molecular weight excluding hydrogens is 352 g/mol. The van der Waals surface area contributed by atoms with Crippen LogP contribution in [-0.4, -0.2) is 53.6 Å². The summed E-state index contributed by atoms with van der Waals surface area (Å²) in [5.41, 5.74) is 0. The number of hydrogen-bond donors (Lipinski definition) is 0. The summed E-state index contributed by atoms with van der Waals surface area (Å²) in [6.45, 7) is 3.65. The van der Waals surface area contributed by atoms with Gasteiger partial charge in [-0.1, -0.05) is 0 Å². The van der Waals surface area contributed by atoms with E-state index in [9.17, 15) is 14.4 Å². The number of halogens is 1. The molecule has 0 bridgehead atoms. The van der Waals surface area contributed by atoms with Crippen LogP contribution in [0.1, 0.15) is 36.7 Å². The first-order chi connectivity index (χ1) is 10.5. The topological polar surface area (TPSA) is 70.8 Å². The molecule has 1 aromatic rings. The van der Waals surface area contributed by atoms with Crippen LogP contribution in [0, 0.1) is 0 Å². The molecule has 1 aromatic heterocycles. The van der Waals surface area contributed by atoms with Gasteiger partial charge in [0.1, 0.15) is 5.78 Å². The van der Waals surface area contributed by atoms with E-state index in [-0.39, 0.29) is 30.4 Å². The van der Waals surface area contributed by atoms with Gasteiger partial charge >= 0.3 is 0 Å². The summed E-state index contributed by atoms with van der Waals surface area (Å²) in [4.78, 5) is 38.8. The molecule has 0 spiro atoms. The van der Waals surface area contributed by atoms with E-state index in [1.54, 1.807) is 21.9 Å². The summed E-state index contributed by atoms with van der Waals surface area (Å²) in [6, 6.07) is 3.32. The molecule has 0 aliphatic carbocycles. The monoisotopic (exact) mass is 370 g/mol. The molecule has 0 unspecified atom stereocenters. The highest BCUT2D eigenvalue weighted by atomic mass is 79.9. The van der Waals surface area contributed by atoms with Crippen molar-refractivity contribution in [3.8, 4) is 0 Å². The van der Waals surface area contributed by atoms with Crippen LogP contribution in [0.2, 0.25) is 0 Å². The van der Waals surface area contributed by atoms with Gasteiger partial charge in [-0.25, -0.2) is 0 Å². The van der Waals surface area contributed by atoms with Crippen LogP contribution >= 0.6 is 15.9 Å². The summed E-state index contributed by atoms with van der Waals surface area (Å²) in [5, 5.41) is 0. The maximum Gasteiger partial charge on any atom is 0.289 e. The van der Waals surface area contributed by atoms with Crippen molar-refractivity contribution in [2.75, 3.05) is 26.2 Å². The molecule has 2 rings (SSSR count). The first-order valence-electron chi connectivity index (χ1n) is 7.29. The first kappa shape index (κ1) is 16.7. The van der Waals surface area contributed by atoms with Gasteiger partial charge in [-0.2, -0.15) is 0 Å². The number of carbonyl (C=O) groups is 3. The Morgan fingerprint density at radius 3 is 2.41 bits per heavy atom. The average molecular weight is 371 g/mol. The Morgan fingerprint density at radius 2 is 1.77 bits per heavy atom. The van der Waals surface area contributed by atoms with Crippen LogP contribution in [0.3, 0.4) is 0 Å². The van der Waals surface area contributed by atoms with Gasteiger partial charge in [0, 0.05) is 39.0 Å². The van der Waals surface area contributed by atoms with Crippen molar-refractivity contribution in [3.05, 3.63) is 22.6 Å². The predicted octanol–water partition coefficient (Wildman–Crippen LogP) is 2.09. The van der Waals surface area contributed by atoms with E-state index in [0.717, 1.165) is 6.42 Å². The lowest BCUT2D eigenvalue weighted by Crippen LogP contribution is -2.37. The molecule has 2 amide bonds. The van der Waals surface area contributed by atoms with E-state index in [1.165, 1.54) is 6.92 Å². The van der Waals surface area contributed by atoms with Crippen LogP contribution in [0.25, 0.3) is 0 Å². The lowest BCUT2D eigenvalue weighted by Gasteiger charge is -2.21. The largest absolute Gasteiger partial charge is 0.444 e. The number of carbonyl (C=O) groups excluding carboxylic acids is 3. The Kier molecular flexibility index (Phi) is 5.76. The van der Waals surface area contributed by atoms with E-state index in [2.05, 4.69) is 15.9 Å². The van der Waals surface area contributed by atoms with Crippen LogP contribution in [-0.2, 0) is 9.59 Å². The Labute approximate surface area is 137 Å². The fourth-order valence-electron chi connectivity index (χ4n) is 2.40. The van der Waals surface area contributed by atoms with Crippen molar-refractivity contribution in [2.45, 2.75) is 26.2 Å². The fourth-order valence-corrected chi connectivity index (χ4v) is 2.70. The summed E-state index contributed by atoms with van der Waals surface area (Å²) in [6.07, 6.45) is 1.24. The van der Waals surface area contributed by atoms with Gasteiger partial charge in [0.2, 0.25) is 5.91 Å². The Hall–Kier alpha value is -1.63. The standard InChI is InChI=1S/C15H19BrN2O4/c1-11(19)3-6-14(20)17-7-2-8-18(10-9-17)15(21)12-4-5-13(16)22-12/h4-5H,2-3,6-10H2,1H3. The van der Waals surface area contributed by atoms with E-state index in [1.807, 2.05) is 0 Å². The molecule has 7 heteroatoms. The van der Waals surface area contributed by atoms with Gasteiger partial charge < -0.3 is 19.0 Å². The van der Waals surface area contributed by atoms with Crippen molar-refractivity contribution in [2.24, 2.45) is 0 Å². The van der Waals surface area contributed by atoms with Crippen molar-refractivity contribution in [1.82, 2.24) is 9.80 Å². The quantitative estimate of drug-likeness (QED) is 0.813. The number of rotatable bonds is 4. The van der Waals surface area contributed by atoms with Crippen molar-refractivity contribution in [1.29, 1.82) is 0 Å². The molecule has 120 valence electrons. The predicted molar refractivity (Wildman–Crippen MR) is 83.4 cm³/mol. The Balaban J connectivity index is 1.90. The molecule has 1 aliphatic rings. The molecule has 2 heterocycles. The fraction of sp³-hybridized carbons (Fsp3) is 0.533. The molecule has 0 saturated carbocycles. The zero-order chi connectivity index (χ0) is 16.1. The zero-order valence-corrected chi connectivity index (χ0v) is 14.1. The number of ketones is 1. The van der Waals surface area contributed by atoms with Crippen molar-refractivity contribution in [3.63, 3.8) is 0 Å². The number of hydrogen-bond acceptors (Lipinski definition) is 4. The molecule has 22 heavy (non-hydrogen) atoms. The molecule has 0 radical (unpaired) electrons. The Bertz CT molecular complexity index is 570. The van der Waals surface area contributed by atoms with Crippen LogP contribution in [0.5, 0.6) is 0 Å². The lowest BCUT2D eigenvalue weighted by molar-refractivity contribution is -0.132. The molecule has 1 fully saturated rings. The molecule has 1 saturated heterocycles. The minimum absolute atomic E-state index is 0.0170. The highest BCUT2D eigenvalue weighted by Gasteiger charge is 2.24. The zero-order valence-electron chi connectivity index (χ0n) is 12.5. The van der Waals surface area contributed by atoms with Gasteiger partial charge in [-0.3, -0.25) is 9.59 Å². The molecule has 0 N–H and O–H groups in total. The normalized spacial score (nSPS) is 15.5. The third kappa shape index (κ3) is 4.43. The SMILES string of the molecule is CC(=O)CCC(=O)N1CCCN(C(=O)c2ccc(Br)o2)CC1. The molecule has 0 aromatic carbocycles. The highest BCUT2D eigenvalue weighted by molar-refractivity contribution is 9.10. The summed E-state index contributed by atoms with van der Waals surface area (Å²) >= 11 is 3.18. The second-order valence-electron chi connectivity index (χ2n) is 5.33. The second-order valence-corrected chi connectivity index (χ2v) is 6.11. The number of nitrogens with zero attached hydrogens (tertiary/aromatic N) is 2. The maximum atomic E-state index is 12.3. The minimum Gasteiger partial charge on any atom is -0.444 e. The number of Topliss-reactive ketones (excluding diaryl/α,β-unsaturated/α-hetero) is 1. The summed E-state index contributed by atoms with van der Waals surface area (Å²) in [7, 11) is 0. The van der Waals surface area contributed by atoms with Gasteiger partial charge in [0.05, 0.1) is 0 Å². The molecule has 0 atom stereocenters. The smallest absolute Gasteiger partial charge is 0.289 e. The van der Waals surface area contributed by atoms with E-state index in [4.69, 9.17) is 4.42 Å². The van der Waals surface area contributed by atoms with Crippen LogP contribution in [0.15, 0.2) is 21.2 Å². The van der Waals surface area contributed by atoms with E-state index >= 15 is 0 Å². The number of furan rings is 1. The van der Waals surface area contributed by atoms with Gasteiger partial charge in [-0.05, 0) is 41.4 Å². The second kappa shape index (κ2) is 7.58. The summed E-state index contributed by atoms with van der Waals surface area (Å²) < 4.78 is 5.81. The van der Waals surface area contributed by atoms with Gasteiger partial charge in [0.15, 0.2) is 10.4 Å². The van der Waals surface area contributed by atoms with E-state index < -0.39 is 0 Å². The van der Waals surface area contributed by atoms with Gasteiger partial charge in [0.25, 0.3) is 5.91 Å². The van der Waals surface area contributed by atoms with Gasteiger partial charge in [-0.15, -0.1) is 0 Å². The third-order valence-electron chi connectivity index (χ3n) is 3.61. The molecule has 1 aliphatic heterocycles. The Morgan fingerprint density at radius 1 is 1.09 bits per heavy atom. The van der Waals surface area contributed by atoms with Crippen molar-refractivity contribution >= 4 is 33.5 Å². The van der Waals surface area contributed by atoms with E-state index in [0.29, 0.717) is 36.6 Å². The molecule has 6 nitrogen and oxygen atoms in total. The van der Waals surface area contributed by atoms with Crippen LogP contribution in [0.4, 0.5) is 0 Å². The highest BCUT2D eigenvalue weighted by Crippen LogP contribution is 2.17. The average Bonchev–Trinajstić information content (AvgIpc) is 2.76. The summed E-state index contributed by atoms with van der Waals surface area (Å²) in [5.74, 6) is 0.126. The molecular formula is C15H19BrN2O4. The maximum absolute atomic E-state index is 12.3. The van der Waals surface area contributed by atoms with Crippen molar-refractivity contribution < 1.29 is 18.8 Å².